The van der Waals surface area contributed by atoms with Crippen molar-refractivity contribution in [3.8, 4) is 5.75 Å². The summed E-state index contributed by atoms with van der Waals surface area (Å²) < 4.78 is 17.2. The molecule has 2 aromatic carbocycles. The van der Waals surface area contributed by atoms with Crippen LogP contribution in [0.2, 0.25) is 0 Å². The van der Waals surface area contributed by atoms with Crippen molar-refractivity contribution in [2.24, 2.45) is 0 Å². The van der Waals surface area contributed by atoms with Crippen LogP contribution in [0.25, 0.3) is 11.1 Å². The van der Waals surface area contributed by atoms with E-state index in [1.165, 1.54) is 23.3 Å². The van der Waals surface area contributed by atoms with Gasteiger partial charge in [-0.15, -0.1) is 0 Å². The van der Waals surface area contributed by atoms with Crippen LogP contribution >= 0.6 is 0 Å². The largest absolute Gasteiger partial charge is 0.492 e. The third kappa shape index (κ3) is 4.05. The van der Waals surface area contributed by atoms with Gasteiger partial charge in [0.25, 0.3) is 0 Å². The van der Waals surface area contributed by atoms with Gasteiger partial charge >= 0.3 is 11.7 Å². The molecule has 0 N–H and O–H groups in total. The monoisotopic (exact) mass is 369 g/mol. The molecule has 0 unspecified atom stereocenters. The summed E-state index contributed by atoms with van der Waals surface area (Å²) >= 11 is 0. The molecule has 0 saturated heterocycles. The highest BCUT2D eigenvalue weighted by molar-refractivity contribution is 5.93. The smallest absolute Gasteiger partial charge is 0.420 e. The number of carbonyl (C=O) groups is 1. The Labute approximate surface area is 157 Å². The Morgan fingerprint density at radius 1 is 1.11 bits per heavy atom. The third-order valence-corrected chi connectivity index (χ3v) is 4.39. The molecule has 3 aromatic rings. The second-order valence-electron chi connectivity index (χ2n) is 7.32. The number of rotatable bonds is 5. The fraction of sp³-hybridized carbons (Fsp3) is 0.333. The number of fused-ring (bicyclic) bond motifs is 1. The predicted molar refractivity (Wildman–Crippen MR) is 102 cm³/mol. The number of methoxy groups -OCH3 is 1. The number of nitrogens with zero attached hydrogens (tertiary/aromatic N) is 1. The molecule has 0 aliphatic carbocycles. The summed E-state index contributed by atoms with van der Waals surface area (Å²) in [4.78, 5) is 23.7. The van der Waals surface area contributed by atoms with Crippen molar-refractivity contribution in [3.63, 3.8) is 0 Å². The van der Waals surface area contributed by atoms with Crippen molar-refractivity contribution >= 4 is 17.1 Å². The van der Waals surface area contributed by atoms with Gasteiger partial charge in [0.2, 0.25) is 0 Å². The molecule has 27 heavy (non-hydrogen) atoms. The second-order valence-corrected chi connectivity index (χ2v) is 7.32. The summed E-state index contributed by atoms with van der Waals surface area (Å²) in [6.45, 7) is 7.13. The number of ether oxygens (including phenoxy) is 2. The molecule has 3 rings (SSSR count). The van der Waals surface area contributed by atoms with E-state index in [1.807, 2.05) is 24.3 Å². The van der Waals surface area contributed by atoms with E-state index in [0.717, 1.165) is 5.75 Å². The summed E-state index contributed by atoms with van der Waals surface area (Å²) in [5.74, 6) is -0.218. The predicted octanol–water partition coefficient (Wildman–Crippen LogP) is 3.76. The van der Waals surface area contributed by atoms with Crippen molar-refractivity contribution in [1.82, 2.24) is 4.57 Å². The maximum Gasteiger partial charge on any atom is 0.420 e. The van der Waals surface area contributed by atoms with Crippen LogP contribution in [-0.2, 0) is 16.7 Å². The Morgan fingerprint density at radius 2 is 1.81 bits per heavy atom. The van der Waals surface area contributed by atoms with Gasteiger partial charge in [-0.25, -0.2) is 9.59 Å². The molecule has 0 atom stereocenters. The lowest BCUT2D eigenvalue weighted by Crippen LogP contribution is -2.18. The van der Waals surface area contributed by atoms with E-state index in [1.54, 1.807) is 12.1 Å². The summed E-state index contributed by atoms with van der Waals surface area (Å²) in [6, 6.07) is 12.7. The maximum atomic E-state index is 12.1. The van der Waals surface area contributed by atoms with E-state index in [0.29, 0.717) is 29.8 Å². The van der Waals surface area contributed by atoms with Gasteiger partial charge in [0.05, 0.1) is 24.7 Å². The van der Waals surface area contributed by atoms with Crippen LogP contribution in [0.1, 0.15) is 36.7 Å². The number of aromatic nitrogens is 1. The molecule has 0 aliphatic heterocycles. The van der Waals surface area contributed by atoms with Crippen LogP contribution in [0.3, 0.4) is 0 Å². The van der Waals surface area contributed by atoms with Crippen molar-refractivity contribution in [2.45, 2.75) is 32.7 Å². The van der Waals surface area contributed by atoms with Crippen molar-refractivity contribution in [3.05, 3.63) is 64.1 Å². The maximum absolute atomic E-state index is 12.1. The van der Waals surface area contributed by atoms with Crippen molar-refractivity contribution in [1.29, 1.82) is 0 Å². The van der Waals surface area contributed by atoms with Gasteiger partial charge in [0.15, 0.2) is 5.58 Å². The van der Waals surface area contributed by atoms with E-state index in [9.17, 15) is 9.59 Å². The molecule has 1 aromatic heterocycles. The van der Waals surface area contributed by atoms with Gasteiger partial charge in [-0.2, -0.15) is 0 Å². The van der Waals surface area contributed by atoms with Gasteiger partial charge < -0.3 is 13.9 Å². The van der Waals surface area contributed by atoms with E-state index in [4.69, 9.17) is 9.15 Å². The Balaban J connectivity index is 1.71. The van der Waals surface area contributed by atoms with Crippen LogP contribution in [0.5, 0.6) is 5.75 Å². The zero-order chi connectivity index (χ0) is 19.6. The molecule has 0 saturated carbocycles. The Kier molecular flexibility index (Phi) is 5.08. The quantitative estimate of drug-likeness (QED) is 0.641. The second kappa shape index (κ2) is 7.31. The van der Waals surface area contributed by atoms with E-state index < -0.39 is 11.7 Å². The molecular formula is C21H23NO5. The van der Waals surface area contributed by atoms with Crippen LogP contribution in [0, 0.1) is 0 Å². The Bertz CT molecular complexity index is 1010. The summed E-state index contributed by atoms with van der Waals surface area (Å²) in [5.41, 5.74) is 2.61. The molecule has 0 aliphatic rings. The van der Waals surface area contributed by atoms with Gasteiger partial charge in [-0.1, -0.05) is 32.9 Å². The number of esters is 1. The first-order valence-electron chi connectivity index (χ1n) is 8.74. The number of hydrogen-bond acceptors (Lipinski definition) is 5. The summed E-state index contributed by atoms with van der Waals surface area (Å²) in [7, 11) is 1.30. The van der Waals surface area contributed by atoms with Gasteiger partial charge in [-0.05, 0) is 41.3 Å². The topological polar surface area (TPSA) is 70.7 Å². The third-order valence-electron chi connectivity index (χ3n) is 4.39. The normalized spacial score (nSPS) is 11.6. The van der Waals surface area contributed by atoms with Crippen molar-refractivity contribution in [2.75, 3.05) is 13.7 Å². The minimum absolute atomic E-state index is 0.0879. The molecule has 0 amide bonds. The Hall–Kier alpha value is -3.02. The minimum atomic E-state index is -0.487. The zero-order valence-corrected chi connectivity index (χ0v) is 15.9. The molecule has 6 heteroatoms. The fourth-order valence-corrected chi connectivity index (χ4v) is 2.83. The Morgan fingerprint density at radius 3 is 2.44 bits per heavy atom. The summed E-state index contributed by atoms with van der Waals surface area (Å²) in [5, 5.41) is 0. The average Bonchev–Trinajstić information content (AvgIpc) is 2.95. The lowest BCUT2D eigenvalue weighted by Gasteiger charge is -2.19. The van der Waals surface area contributed by atoms with E-state index >= 15 is 0 Å². The molecule has 142 valence electrons. The molecule has 0 bridgehead atoms. The molecule has 6 nitrogen and oxygen atoms in total. The first-order valence-corrected chi connectivity index (χ1v) is 8.74. The van der Waals surface area contributed by atoms with Gasteiger partial charge in [0.1, 0.15) is 12.4 Å². The van der Waals surface area contributed by atoms with Crippen LogP contribution in [0.4, 0.5) is 0 Å². The fourth-order valence-electron chi connectivity index (χ4n) is 2.83. The number of hydrogen-bond donors (Lipinski definition) is 0. The lowest BCUT2D eigenvalue weighted by molar-refractivity contribution is 0.0600. The standard InChI is InChI=1S/C21H23NO5/c1-21(2,3)15-6-8-16(9-7-15)26-12-11-22-17-10-5-14(19(23)25-4)13-18(17)27-20(22)24/h5-10,13H,11-12H2,1-4H3. The lowest BCUT2D eigenvalue weighted by atomic mass is 9.87. The van der Waals surface area contributed by atoms with Crippen molar-refractivity contribution < 1.29 is 18.7 Å². The van der Waals surface area contributed by atoms with Gasteiger partial charge in [0, 0.05) is 0 Å². The highest BCUT2D eigenvalue weighted by Gasteiger charge is 2.14. The van der Waals surface area contributed by atoms with E-state index in [-0.39, 0.29) is 5.41 Å². The first kappa shape index (κ1) is 18.8. The zero-order valence-electron chi connectivity index (χ0n) is 15.9. The molecule has 0 fully saturated rings. The number of benzene rings is 2. The first-order chi connectivity index (χ1) is 12.8. The highest BCUT2D eigenvalue weighted by Crippen LogP contribution is 2.24. The average molecular weight is 369 g/mol. The van der Waals surface area contributed by atoms with Crippen LogP contribution in [0.15, 0.2) is 51.7 Å². The highest BCUT2D eigenvalue weighted by atomic mass is 16.5. The van der Waals surface area contributed by atoms with Crippen LogP contribution in [-0.4, -0.2) is 24.3 Å². The SMILES string of the molecule is COC(=O)c1ccc2c(c1)oc(=O)n2CCOc1ccc(C(C)(C)C)cc1. The summed E-state index contributed by atoms with van der Waals surface area (Å²) in [6.07, 6.45) is 0. The number of carbonyl (C=O) groups excluding carboxylic acids is 1. The van der Waals surface area contributed by atoms with Gasteiger partial charge in [-0.3, -0.25) is 4.57 Å². The molecule has 1 heterocycles. The molecular weight excluding hydrogens is 346 g/mol. The number of oxazole rings is 1. The molecule has 0 radical (unpaired) electrons. The molecule has 0 spiro atoms. The minimum Gasteiger partial charge on any atom is -0.492 e. The van der Waals surface area contributed by atoms with E-state index in [2.05, 4.69) is 25.5 Å². The van der Waals surface area contributed by atoms with Crippen LogP contribution < -0.4 is 10.5 Å².